The lowest BCUT2D eigenvalue weighted by molar-refractivity contribution is -0.350. The Morgan fingerprint density at radius 2 is 0.738 bits per heavy atom. The first-order chi connectivity index (χ1) is 18.5. The van der Waals surface area contributed by atoms with Crippen molar-refractivity contribution in [2.45, 2.75) is 75.9 Å². The summed E-state index contributed by atoms with van der Waals surface area (Å²) in [6.45, 7) is 3.07. The number of alkyl halides is 14. The molecule has 0 spiro atoms. The molecule has 0 N–H and O–H groups in total. The Balaban J connectivity index is 6.94. The lowest BCUT2D eigenvalue weighted by Crippen LogP contribution is -2.60. The van der Waals surface area contributed by atoms with Gasteiger partial charge in [-0.3, -0.25) is 0 Å². The van der Waals surface area contributed by atoms with Gasteiger partial charge in [0.1, 0.15) is 0 Å². The first-order valence-corrected chi connectivity index (χ1v) is 10.9. The van der Waals surface area contributed by atoms with Crippen molar-refractivity contribution < 1.29 is 99.6 Å². The Morgan fingerprint density at radius 1 is 0.500 bits per heavy atom. The van der Waals surface area contributed by atoms with Crippen molar-refractivity contribution >= 4 is 23.9 Å². The molecular weight excluding hydrogens is 634 g/mol. The van der Waals surface area contributed by atoms with E-state index in [1.54, 1.807) is 0 Å². The predicted octanol–water partition coefficient (Wildman–Crippen LogP) is 4.87. The van der Waals surface area contributed by atoms with Gasteiger partial charge in [0.2, 0.25) is 12.2 Å². The number of carbonyl (C=O) groups excluding carboxylic acids is 4. The highest BCUT2D eigenvalue weighted by atomic mass is 19.4. The molecule has 0 aromatic rings. The van der Waals surface area contributed by atoms with Crippen molar-refractivity contribution in [1.29, 1.82) is 0 Å². The van der Waals surface area contributed by atoms with E-state index in [4.69, 9.17) is 0 Å². The molecule has 2 atom stereocenters. The summed E-state index contributed by atoms with van der Waals surface area (Å²) in [5.41, 5.74) is 0. The fourth-order valence-electron chi connectivity index (χ4n) is 2.12. The van der Waals surface area contributed by atoms with Crippen molar-refractivity contribution in [3.05, 3.63) is 0 Å². The smallest absolute Gasteiger partial charge is 0.460 e. The number of carbonyl (C=O) groups is 4. The van der Waals surface area contributed by atoms with Gasteiger partial charge < -0.3 is 18.9 Å². The van der Waals surface area contributed by atoms with Crippen LogP contribution in [0.5, 0.6) is 0 Å². The predicted molar refractivity (Wildman–Crippen MR) is 103 cm³/mol. The lowest BCUT2D eigenvalue weighted by Gasteiger charge is -2.31. The second-order valence-electron chi connectivity index (χ2n) is 8.99. The maximum Gasteiger partial charge on any atom is 0.460 e. The standard InChI is InChI=1S/C20H20F14O8/c1-7(2)5-39-11(35)9(41-13(37)15(21,22)17(25,26)19(29,30)31)10(12(36)40-6-8(3)4)42-14(38)16(23,24)18(27,28)20(32,33)34/h7-10H,5-6H2,1-4H3. The van der Waals surface area contributed by atoms with Crippen molar-refractivity contribution in [3.63, 3.8) is 0 Å². The number of rotatable bonds is 13. The summed E-state index contributed by atoms with van der Waals surface area (Å²) in [4.78, 5) is 48.1. The van der Waals surface area contributed by atoms with E-state index in [9.17, 15) is 80.6 Å². The van der Waals surface area contributed by atoms with E-state index in [1.165, 1.54) is 27.7 Å². The molecule has 0 aromatic carbocycles. The average Bonchev–Trinajstić information content (AvgIpc) is 2.80. The van der Waals surface area contributed by atoms with Crippen LogP contribution in [0.1, 0.15) is 27.7 Å². The quantitative estimate of drug-likeness (QED) is 0.157. The SMILES string of the molecule is CC(C)COC(=O)C(OC(=O)C(F)(F)C(F)(F)C(F)(F)F)C(OC(=O)C(F)(F)C(F)(F)C(F)(F)F)C(=O)OCC(C)C. The molecule has 0 rings (SSSR count). The summed E-state index contributed by atoms with van der Waals surface area (Å²) >= 11 is 0. The Labute approximate surface area is 225 Å². The first-order valence-electron chi connectivity index (χ1n) is 10.9. The zero-order valence-corrected chi connectivity index (χ0v) is 21.3. The van der Waals surface area contributed by atoms with E-state index in [2.05, 4.69) is 18.9 Å². The molecule has 0 saturated heterocycles. The highest BCUT2D eigenvalue weighted by Crippen LogP contribution is 2.48. The van der Waals surface area contributed by atoms with E-state index in [-0.39, 0.29) is 0 Å². The highest BCUT2D eigenvalue weighted by molar-refractivity contribution is 5.91. The molecule has 2 unspecified atom stereocenters. The summed E-state index contributed by atoms with van der Waals surface area (Å²) in [7, 11) is 0. The van der Waals surface area contributed by atoms with Crippen LogP contribution in [0.25, 0.3) is 0 Å². The largest absolute Gasteiger partial charge is 0.463 e. The molecule has 0 fully saturated rings. The Bertz CT molecular complexity index is 910. The van der Waals surface area contributed by atoms with E-state index in [0.29, 0.717) is 0 Å². The molecule has 0 heterocycles. The molecule has 246 valence electrons. The van der Waals surface area contributed by atoms with Crippen molar-refractivity contribution in [2.75, 3.05) is 13.2 Å². The van der Waals surface area contributed by atoms with Gasteiger partial charge in [-0.15, -0.1) is 0 Å². The van der Waals surface area contributed by atoms with Gasteiger partial charge in [-0.1, -0.05) is 27.7 Å². The molecule has 42 heavy (non-hydrogen) atoms. The molecule has 0 aromatic heterocycles. The number of halogens is 14. The highest BCUT2D eigenvalue weighted by Gasteiger charge is 2.79. The third kappa shape index (κ3) is 8.48. The van der Waals surface area contributed by atoms with Gasteiger partial charge in [-0.2, -0.15) is 61.5 Å². The van der Waals surface area contributed by atoms with Crippen LogP contribution in [0, 0.1) is 11.8 Å². The molecule has 8 nitrogen and oxygen atoms in total. The Hall–Kier alpha value is -3.10. The maximum absolute atomic E-state index is 13.8. The summed E-state index contributed by atoms with van der Waals surface area (Å²) < 4.78 is 199. The van der Waals surface area contributed by atoms with E-state index in [1.807, 2.05) is 0 Å². The van der Waals surface area contributed by atoms with Gasteiger partial charge in [0.05, 0.1) is 13.2 Å². The van der Waals surface area contributed by atoms with Gasteiger partial charge in [0.25, 0.3) is 0 Å². The van der Waals surface area contributed by atoms with Crippen LogP contribution in [0.2, 0.25) is 0 Å². The molecule has 0 aliphatic carbocycles. The average molecular weight is 654 g/mol. The zero-order valence-electron chi connectivity index (χ0n) is 21.3. The van der Waals surface area contributed by atoms with Crippen molar-refractivity contribution in [1.82, 2.24) is 0 Å². The maximum atomic E-state index is 13.8. The third-order valence-corrected chi connectivity index (χ3v) is 4.34. The van der Waals surface area contributed by atoms with Crippen LogP contribution in [-0.2, 0) is 38.1 Å². The molecule has 0 aliphatic heterocycles. The molecule has 22 heteroatoms. The van der Waals surface area contributed by atoms with Gasteiger partial charge in [-0.25, -0.2) is 19.2 Å². The minimum atomic E-state index is -7.28. The van der Waals surface area contributed by atoms with Gasteiger partial charge in [0, 0.05) is 0 Å². The van der Waals surface area contributed by atoms with Crippen LogP contribution < -0.4 is 0 Å². The van der Waals surface area contributed by atoms with Crippen LogP contribution >= 0.6 is 0 Å². The van der Waals surface area contributed by atoms with Gasteiger partial charge in [-0.05, 0) is 11.8 Å². The van der Waals surface area contributed by atoms with Crippen LogP contribution in [0.4, 0.5) is 61.5 Å². The molecule has 0 bridgehead atoms. The number of ether oxygens (including phenoxy) is 4. The minimum absolute atomic E-state index is 0.787. The first kappa shape index (κ1) is 38.9. The van der Waals surface area contributed by atoms with Crippen LogP contribution in [-0.4, -0.2) is 85.3 Å². The summed E-state index contributed by atoms with van der Waals surface area (Å²) in [5, 5.41) is 0. The van der Waals surface area contributed by atoms with Crippen molar-refractivity contribution in [2.24, 2.45) is 11.8 Å². The number of hydrogen-bond acceptors (Lipinski definition) is 8. The monoisotopic (exact) mass is 654 g/mol. The van der Waals surface area contributed by atoms with Gasteiger partial charge >= 0.3 is 59.9 Å². The zero-order chi connectivity index (χ0) is 33.9. The van der Waals surface area contributed by atoms with Crippen LogP contribution in [0.3, 0.4) is 0 Å². The topological polar surface area (TPSA) is 105 Å². The third-order valence-electron chi connectivity index (χ3n) is 4.34. The second-order valence-corrected chi connectivity index (χ2v) is 8.99. The molecule has 0 radical (unpaired) electrons. The summed E-state index contributed by atoms with van der Waals surface area (Å²) in [5.74, 6) is -43.2. The van der Waals surface area contributed by atoms with Crippen molar-refractivity contribution in [3.8, 4) is 0 Å². The number of hydrogen-bond donors (Lipinski definition) is 0. The van der Waals surface area contributed by atoms with Gasteiger partial charge in [0.15, 0.2) is 0 Å². The second kappa shape index (κ2) is 13.0. The molecule has 0 saturated carbocycles. The lowest BCUT2D eigenvalue weighted by atomic mass is 10.1. The van der Waals surface area contributed by atoms with E-state index in [0.717, 1.165) is 0 Å². The van der Waals surface area contributed by atoms with E-state index >= 15 is 0 Å². The minimum Gasteiger partial charge on any atom is -0.463 e. The fraction of sp³-hybridized carbons (Fsp3) is 0.800. The normalized spacial score (nSPS) is 15.2. The summed E-state index contributed by atoms with van der Waals surface area (Å²) in [6, 6.07) is 0. The molecule has 0 amide bonds. The fourth-order valence-corrected chi connectivity index (χ4v) is 2.12. The summed E-state index contributed by atoms with van der Waals surface area (Å²) in [6.07, 6.45) is -22.2. The Kier molecular flexibility index (Phi) is 12.1. The molecular formula is C20H20F14O8. The van der Waals surface area contributed by atoms with Crippen LogP contribution in [0.15, 0.2) is 0 Å². The van der Waals surface area contributed by atoms with E-state index < -0.39 is 97.2 Å². The molecule has 0 aliphatic rings. The Morgan fingerprint density at radius 3 is 0.929 bits per heavy atom. The number of esters is 4.